The molecule has 68 heavy (non-hydrogen) atoms. The zero-order valence-electron chi connectivity index (χ0n) is 40.0. The van der Waals surface area contributed by atoms with Crippen LogP contribution in [0.15, 0.2) is 54.6 Å². The lowest BCUT2D eigenvalue weighted by Crippen LogP contribution is -2.51. The van der Waals surface area contributed by atoms with Crippen LogP contribution in [0.5, 0.6) is 0 Å². The Morgan fingerprint density at radius 3 is 1.54 bits per heavy atom. The van der Waals surface area contributed by atoms with Gasteiger partial charge in [-0.25, -0.2) is 23.9 Å². The first kappa shape index (κ1) is 46.7. The summed E-state index contributed by atoms with van der Waals surface area (Å²) >= 11 is 0. The predicted molar refractivity (Wildman–Crippen MR) is 258 cm³/mol. The minimum Gasteiger partial charge on any atom is -0.453 e. The number of rotatable bonds is 12. The van der Waals surface area contributed by atoms with Gasteiger partial charge in [-0.15, -0.1) is 0 Å². The van der Waals surface area contributed by atoms with Gasteiger partial charge in [0.25, 0.3) is 0 Å². The molecule has 4 N–H and O–H groups in total. The lowest BCUT2D eigenvalue weighted by atomic mass is 10.0. The van der Waals surface area contributed by atoms with E-state index in [0.717, 1.165) is 110 Å². The van der Waals surface area contributed by atoms with Gasteiger partial charge in [-0.3, -0.25) is 9.59 Å². The van der Waals surface area contributed by atoms with E-state index in [1.807, 2.05) is 55.7 Å². The molecule has 16 nitrogen and oxygen atoms in total. The highest BCUT2D eigenvalue weighted by Crippen LogP contribution is 2.48. The first-order valence-corrected chi connectivity index (χ1v) is 24.4. The standard InChI is InChI=1S/C51H65FN10O6/c1-29(2)44(57-50(65)67-5)48(63)60-24-10-12-42(60)46-53-35-17-14-31(26-37(35)55-46)39-20-21-40(62(39)33-16-19-41(34(52)28-33)59-22-8-7-9-23-59)32-15-18-36-38(27-32)56-47(54-36)43-13-11-25-61(43)49(64)45(30(3)4)58-51(66)68-6/h14-19,26-30,39-40,42-45H,7-13,20-25H2,1-6H3,(H,53,55)(H,54,56)(H,57,65)(H,58,66)/t39-,40-,42-,43-,44-,45-/m0/s1. The molecule has 4 aliphatic rings. The van der Waals surface area contributed by atoms with Gasteiger partial charge in [-0.1, -0.05) is 39.8 Å². The van der Waals surface area contributed by atoms with Crippen LogP contribution >= 0.6 is 0 Å². The number of amides is 4. The first-order valence-electron chi connectivity index (χ1n) is 24.4. The Hall–Kier alpha value is -6.39. The monoisotopic (exact) mass is 933 g/mol. The number of hydrogen-bond donors (Lipinski definition) is 4. The molecule has 4 aliphatic heterocycles. The van der Waals surface area contributed by atoms with Crippen LogP contribution in [0, 0.1) is 17.7 Å². The number of anilines is 2. The molecular weight excluding hydrogens is 868 g/mol. The molecule has 0 unspecified atom stereocenters. The van der Waals surface area contributed by atoms with Crippen LogP contribution < -0.4 is 20.4 Å². The van der Waals surface area contributed by atoms with Gasteiger partial charge in [-0.05, 0) is 123 Å². The van der Waals surface area contributed by atoms with E-state index in [4.69, 9.17) is 19.4 Å². The van der Waals surface area contributed by atoms with Crippen molar-refractivity contribution in [2.75, 3.05) is 50.2 Å². The number of nitrogens with one attached hydrogen (secondary N) is 4. The average molecular weight is 933 g/mol. The van der Waals surface area contributed by atoms with E-state index in [-0.39, 0.29) is 53.6 Å². The molecular formula is C51H65FN10O6. The average Bonchev–Trinajstić information content (AvgIpc) is 4.20. The number of likely N-dealkylation sites (tertiary alicyclic amines) is 2. The number of imidazole rings is 2. The van der Waals surface area contributed by atoms with Crippen molar-refractivity contribution >= 4 is 57.4 Å². The van der Waals surface area contributed by atoms with Crippen LogP contribution in [0.4, 0.5) is 25.4 Å². The van der Waals surface area contributed by atoms with Gasteiger partial charge in [0.15, 0.2) is 0 Å². The van der Waals surface area contributed by atoms with E-state index >= 15 is 4.39 Å². The SMILES string of the molecule is COC(=O)N[C@H](C(=O)N1CCC[C@H]1c1nc2cc([C@@H]3CC[C@@H](c4ccc5[nH]c([C@@H]6CCCN6C(=O)[C@@H](NC(=O)OC)C(C)C)nc5c4)N3c3ccc(N4CCCCC4)c(F)c3)ccc2[nH]1)C(C)C. The van der Waals surface area contributed by atoms with Crippen LogP contribution in [0.3, 0.4) is 0 Å². The third-order valence-corrected chi connectivity index (χ3v) is 14.6. The van der Waals surface area contributed by atoms with Crippen molar-refractivity contribution in [2.24, 2.45) is 11.8 Å². The van der Waals surface area contributed by atoms with E-state index in [1.54, 1.807) is 6.07 Å². The Labute approximate surface area is 396 Å². The van der Waals surface area contributed by atoms with Gasteiger partial charge in [0, 0.05) is 31.9 Å². The highest BCUT2D eigenvalue weighted by molar-refractivity contribution is 5.88. The Bertz CT molecular complexity index is 2510. The molecule has 0 radical (unpaired) electrons. The van der Waals surface area contributed by atoms with Gasteiger partial charge in [0.1, 0.15) is 29.5 Å². The van der Waals surface area contributed by atoms with Crippen LogP contribution in [0.1, 0.15) is 132 Å². The summed E-state index contributed by atoms with van der Waals surface area (Å²) in [6, 6.07) is 16.0. The molecule has 0 spiro atoms. The normalized spacial score (nSPS) is 21.8. The minimum atomic E-state index is -0.732. The van der Waals surface area contributed by atoms with E-state index < -0.39 is 24.3 Å². The molecule has 4 saturated heterocycles. The second-order valence-electron chi connectivity index (χ2n) is 19.6. The Morgan fingerprint density at radius 1 is 0.618 bits per heavy atom. The van der Waals surface area contributed by atoms with Gasteiger partial charge in [0.05, 0.1) is 66.1 Å². The summed E-state index contributed by atoms with van der Waals surface area (Å²) in [6.45, 7) is 10.4. The molecule has 6 atom stereocenters. The smallest absolute Gasteiger partial charge is 0.407 e. The summed E-state index contributed by atoms with van der Waals surface area (Å²) < 4.78 is 26.0. The lowest BCUT2D eigenvalue weighted by molar-refractivity contribution is -0.136. The number of aromatic nitrogens is 4. The molecule has 4 fully saturated rings. The molecule has 0 aliphatic carbocycles. The maximum Gasteiger partial charge on any atom is 0.407 e. The van der Waals surface area contributed by atoms with Gasteiger partial charge in [-0.2, -0.15) is 0 Å². The topological polar surface area (TPSA) is 181 Å². The summed E-state index contributed by atoms with van der Waals surface area (Å²) in [7, 11) is 2.58. The number of hydrogen-bond acceptors (Lipinski definition) is 10. The molecule has 17 heteroatoms. The van der Waals surface area contributed by atoms with Crippen LogP contribution in [-0.2, 0) is 19.1 Å². The zero-order valence-corrected chi connectivity index (χ0v) is 40.0. The lowest BCUT2D eigenvalue weighted by Gasteiger charge is -2.34. The van der Waals surface area contributed by atoms with Crippen molar-refractivity contribution < 1.29 is 33.0 Å². The molecule has 2 aromatic heterocycles. The quantitative estimate of drug-likeness (QED) is 0.0945. The number of methoxy groups -OCH3 is 2. The first-order chi connectivity index (χ1) is 32.8. The second-order valence-corrected chi connectivity index (χ2v) is 19.6. The van der Waals surface area contributed by atoms with Crippen molar-refractivity contribution in [2.45, 2.75) is 122 Å². The summed E-state index contributed by atoms with van der Waals surface area (Å²) in [5.74, 6) is 0.561. The van der Waals surface area contributed by atoms with E-state index in [2.05, 4.69) is 60.7 Å². The number of halogens is 1. The summed E-state index contributed by atoms with van der Waals surface area (Å²) in [4.78, 5) is 77.6. The predicted octanol–water partition coefficient (Wildman–Crippen LogP) is 8.74. The fraction of sp³-hybridized carbons (Fsp3) is 0.529. The van der Waals surface area contributed by atoms with Crippen LogP contribution in [-0.4, -0.2) is 106 Å². The molecule has 0 saturated carbocycles. The summed E-state index contributed by atoms with van der Waals surface area (Å²) in [6.07, 6.45) is 6.68. The third kappa shape index (κ3) is 9.15. The second kappa shape index (κ2) is 19.7. The number of aromatic amines is 2. The molecule has 5 aromatic rings. The highest BCUT2D eigenvalue weighted by atomic mass is 19.1. The highest BCUT2D eigenvalue weighted by Gasteiger charge is 2.41. The van der Waals surface area contributed by atoms with Crippen molar-refractivity contribution in [1.82, 2.24) is 40.4 Å². The third-order valence-electron chi connectivity index (χ3n) is 14.6. The Morgan fingerprint density at radius 2 is 1.10 bits per heavy atom. The molecule has 0 bridgehead atoms. The number of carbonyl (C=O) groups excluding carboxylic acids is 4. The largest absolute Gasteiger partial charge is 0.453 e. The van der Waals surface area contributed by atoms with E-state index in [9.17, 15) is 19.2 Å². The van der Waals surface area contributed by atoms with Crippen molar-refractivity contribution in [1.29, 1.82) is 0 Å². The van der Waals surface area contributed by atoms with Crippen molar-refractivity contribution in [3.63, 3.8) is 0 Å². The van der Waals surface area contributed by atoms with E-state index in [1.165, 1.54) is 14.2 Å². The van der Waals surface area contributed by atoms with Crippen LogP contribution in [0.2, 0.25) is 0 Å². The van der Waals surface area contributed by atoms with Crippen molar-refractivity contribution in [3.8, 4) is 0 Å². The van der Waals surface area contributed by atoms with Gasteiger partial charge in [0.2, 0.25) is 11.8 Å². The van der Waals surface area contributed by atoms with Crippen molar-refractivity contribution in [3.05, 3.63) is 83.2 Å². The number of nitrogens with zero attached hydrogens (tertiary/aromatic N) is 6. The number of fused-ring (bicyclic) bond motifs is 2. The van der Waals surface area contributed by atoms with Gasteiger partial charge >= 0.3 is 12.2 Å². The molecule has 6 heterocycles. The minimum absolute atomic E-state index is 0.110. The molecule has 3 aromatic carbocycles. The fourth-order valence-electron chi connectivity index (χ4n) is 11.1. The maximum absolute atomic E-state index is 16.4. The Balaban J connectivity index is 1.02. The summed E-state index contributed by atoms with van der Waals surface area (Å²) in [5.41, 5.74) is 6.81. The summed E-state index contributed by atoms with van der Waals surface area (Å²) in [5, 5.41) is 5.46. The zero-order chi connectivity index (χ0) is 47.8. The molecule has 362 valence electrons. The van der Waals surface area contributed by atoms with Crippen LogP contribution in [0.25, 0.3) is 22.1 Å². The number of piperidine rings is 1. The number of ether oxygens (including phenoxy) is 2. The maximum atomic E-state index is 16.4. The molecule has 4 amide bonds. The molecule has 9 rings (SSSR count). The fourth-order valence-corrected chi connectivity index (χ4v) is 11.1. The number of H-pyrrole nitrogens is 2. The van der Waals surface area contributed by atoms with Gasteiger partial charge < -0.3 is 49.7 Å². The number of alkyl carbamates (subject to hydrolysis) is 2. The Kier molecular flexibility index (Phi) is 13.5. The van der Waals surface area contributed by atoms with E-state index in [0.29, 0.717) is 30.4 Å². The number of carbonyl (C=O) groups is 4. The number of benzene rings is 3.